The van der Waals surface area contributed by atoms with Crippen LogP contribution in [-0.2, 0) is 6.42 Å². The summed E-state index contributed by atoms with van der Waals surface area (Å²) in [5, 5.41) is 21.7. The summed E-state index contributed by atoms with van der Waals surface area (Å²) < 4.78 is 5.18. The second kappa shape index (κ2) is 8.21. The third-order valence-corrected chi connectivity index (χ3v) is 5.59. The molecule has 4 nitrogen and oxygen atoms in total. The lowest BCUT2D eigenvalue weighted by molar-refractivity contribution is -0.0456. The first-order valence-corrected chi connectivity index (χ1v) is 9.33. The molecule has 2 atom stereocenters. The zero-order valence-electron chi connectivity index (χ0n) is 15.6. The smallest absolute Gasteiger partial charge is 0.118 e. The molecule has 1 saturated heterocycles. The van der Waals surface area contributed by atoms with E-state index < -0.39 is 11.7 Å². The molecule has 3 rings (SSSR count). The third kappa shape index (κ3) is 4.44. The molecule has 0 unspecified atom stereocenters. The lowest BCUT2D eigenvalue weighted by Gasteiger charge is -2.42. The minimum atomic E-state index is -0.650. The highest BCUT2D eigenvalue weighted by molar-refractivity contribution is 5.29. The largest absolute Gasteiger partial charge is 0.497 e. The molecule has 2 aromatic carbocycles. The quantitative estimate of drug-likeness (QED) is 0.836. The fourth-order valence-corrected chi connectivity index (χ4v) is 3.78. The Morgan fingerprint density at radius 3 is 2.23 bits per heavy atom. The van der Waals surface area contributed by atoms with Gasteiger partial charge in [-0.25, -0.2) is 0 Å². The molecule has 0 saturated carbocycles. The van der Waals surface area contributed by atoms with Crippen molar-refractivity contribution in [1.82, 2.24) is 4.90 Å². The number of hydrogen-bond acceptors (Lipinski definition) is 4. The zero-order valence-corrected chi connectivity index (χ0v) is 15.6. The monoisotopic (exact) mass is 355 g/mol. The first-order valence-electron chi connectivity index (χ1n) is 9.33. The minimum Gasteiger partial charge on any atom is -0.497 e. The van der Waals surface area contributed by atoms with E-state index in [9.17, 15) is 10.2 Å². The topological polar surface area (TPSA) is 52.9 Å². The summed E-state index contributed by atoms with van der Waals surface area (Å²) in [5.74, 6) is 0.789. The van der Waals surface area contributed by atoms with Crippen molar-refractivity contribution in [1.29, 1.82) is 0 Å². The van der Waals surface area contributed by atoms with Gasteiger partial charge in [0.05, 0.1) is 18.8 Å². The van der Waals surface area contributed by atoms with Crippen molar-refractivity contribution >= 4 is 0 Å². The van der Waals surface area contributed by atoms with E-state index in [1.165, 1.54) is 5.56 Å². The maximum Gasteiger partial charge on any atom is 0.118 e. The average Bonchev–Trinajstić information content (AvgIpc) is 2.68. The van der Waals surface area contributed by atoms with Gasteiger partial charge in [-0.1, -0.05) is 42.5 Å². The lowest BCUT2D eigenvalue weighted by atomic mass is 9.84. The van der Waals surface area contributed by atoms with E-state index in [4.69, 9.17) is 4.74 Å². The van der Waals surface area contributed by atoms with Crippen molar-refractivity contribution in [2.24, 2.45) is 0 Å². The first-order chi connectivity index (χ1) is 12.5. The van der Waals surface area contributed by atoms with Crippen LogP contribution in [0.25, 0.3) is 0 Å². The Labute approximate surface area is 156 Å². The van der Waals surface area contributed by atoms with Gasteiger partial charge in [0.2, 0.25) is 0 Å². The van der Waals surface area contributed by atoms with Crippen molar-refractivity contribution in [3.63, 3.8) is 0 Å². The zero-order chi connectivity index (χ0) is 18.6. The van der Waals surface area contributed by atoms with Crippen LogP contribution in [0.2, 0.25) is 0 Å². The lowest BCUT2D eigenvalue weighted by Crippen LogP contribution is -2.49. The van der Waals surface area contributed by atoms with Crippen LogP contribution in [0.4, 0.5) is 0 Å². The van der Waals surface area contributed by atoms with E-state index in [0.29, 0.717) is 6.42 Å². The molecule has 0 spiro atoms. The summed E-state index contributed by atoms with van der Waals surface area (Å²) in [6, 6.07) is 17.7. The van der Waals surface area contributed by atoms with Crippen molar-refractivity contribution in [3.8, 4) is 5.75 Å². The molecule has 26 heavy (non-hydrogen) atoms. The molecule has 0 aliphatic carbocycles. The number of aliphatic hydroxyl groups is 2. The number of piperidine rings is 1. The van der Waals surface area contributed by atoms with Gasteiger partial charge in [0, 0.05) is 25.6 Å². The molecule has 0 bridgehead atoms. The molecular formula is C22H29NO3. The molecular weight excluding hydrogens is 326 g/mol. The maximum atomic E-state index is 10.9. The third-order valence-electron chi connectivity index (χ3n) is 5.59. The van der Waals surface area contributed by atoms with Crippen LogP contribution in [0.15, 0.2) is 54.6 Å². The van der Waals surface area contributed by atoms with Gasteiger partial charge >= 0.3 is 0 Å². The molecule has 0 radical (unpaired) electrons. The number of methoxy groups -OCH3 is 1. The van der Waals surface area contributed by atoms with Crippen molar-refractivity contribution in [2.75, 3.05) is 20.2 Å². The van der Waals surface area contributed by atoms with Gasteiger partial charge in [0.15, 0.2) is 0 Å². The molecule has 2 N–H and O–H groups in total. The van der Waals surface area contributed by atoms with Crippen molar-refractivity contribution < 1.29 is 14.9 Å². The van der Waals surface area contributed by atoms with Crippen LogP contribution in [0, 0.1) is 0 Å². The molecule has 140 valence electrons. The maximum absolute atomic E-state index is 10.9. The summed E-state index contributed by atoms with van der Waals surface area (Å²) in [5.41, 5.74) is 1.42. The SMILES string of the molecule is COc1ccc([C@H](O)[C@@H](C)N2CCC(O)(Cc3ccccc3)CC2)cc1. The van der Waals surface area contributed by atoms with E-state index in [1.807, 2.05) is 42.5 Å². The van der Waals surface area contributed by atoms with Crippen LogP contribution in [0.3, 0.4) is 0 Å². The Morgan fingerprint density at radius 1 is 1.04 bits per heavy atom. The minimum absolute atomic E-state index is 0.00432. The van der Waals surface area contributed by atoms with Gasteiger partial charge in [0.25, 0.3) is 0 Å². The van der Waals surface area contributed by atoms with Gasteiger partial charge in [-0.05, 0) is 43.0 Å². The molecule has 2 aromatic rings. The Hall–Kier alpha value is -1.88. The van der Waals surface area contributed by atoms with Gasteiger partial charge < -0.3 is 14.9 Å². The Kier molecular flexibility index (Phi) is 5.97. The van der Waals surface area contributed by atoms with Gasteiger partial charge in [-0.3, -0.25) is 4.90 Å². The van der Waals surface area contributed by atoms with E-state index in [1.54, 1.807) is 7.11 Å². The Bertz CT molecular complexity index is 678. The fraction of sp³-hybridized carbons (Fsp3) is 0.455. The fourth-order valence-electron chi connectivity index (χ4n) is 3.78. The van der Waals surface area contributed by atoms with Gasteiger partial charge in [-0.2, -0.15) is 0 Å². The van der Waals surface area contributed by atoms with E-state index in [2.05, 4.69) is 24.0 Å². The molecule has 1 heterocycles. The summed E-state index contributed by atoms with van der Waals surface area (Å²) in [6.45, 7) is 3.63. The van der Waals surface area contributed by atoms with Gasteiger partial charge in [0.1, 0.15) is 5.75 Å². The number of hydrogen-bond donors (Lipinski definition) is 2. The Morgan fingerprint density at radius 2 is 1.65 bits per heavy atom. The average molecular weight is 355 g/mol. The number of rotatable bonds is 6. The van der Waals surface area contributed by atoms with Crippen molar-refractivity contribution in [2.45, 2.75) is 43.9 Å². The highest BCUT2D eigenvalue weighted by Gasteiger charge is 2.35. The van der Waals surface area contributed by atoms with Crippen LogP contribution < -0.4 is 4.74 Å². The van der Waals surface area contributed by atoms with E-state index in [0.717, 1.165) is 37.2 Å². The molecule has 4 heteroatoms. The van der Waals surface area contributed by atoms with Crippen LogP contribution in [0.5, 0.6) is 5.75 Å². The molecule has 0 aromatic heterocycles. The summed E-state index contributed by atoms with van der Waals surface area (Å²) in [4.78, 5) is 2.27. The van der Waals surface area contributed by atoms with Crippen LogP contribution in [0.1, 0.15) is 37.0 Å². The van der Waals surface area contributed by atoms with Crippen LogP contribution >= 0.6 is 0 Å². The molecule has 1 fully saturated rings. The molecule has 1 aliphatic heterocycles. The highest BCUT2D eigenvalue weighted by Crippen LogP contribution is 2.30. The molecule has 0 amide bonds. The second-order valence-corrected chi connectivity index (χ2v) is 7.38. The van der Waals surface area contributed by atoms with Crippen LogP contribution in [-0.4, -0.2) is 47.0 Å². The van der Waals surface area contributed by atoms with E-state index in [-0.39, 0.29) is 6.04 Å². The number of benzene rings is 2. The summed E-state index contributed by atoms with van der Waals surface area (Å²) in [6.07, 6.45) is 1.58. The van der Waals surface area contributed by atoms with Crippen molar-refractivity contribution in [3.05, 3.63) is 65.7 Å². The highest BCUT2D eigenvalue weighted by atomic mass is 16.5. The standard InChI is InChI=1S/C22H29NO3/c1-17(21(24)19-8-10-20(26-2)11-9-19)23-14-12-22(25,13-15-23)16-18-6-4-3-5-7-18/h3-11,17,21,24-25H,12-16H2,1-2H3/t17-,21-/m1/s1. The predicted molar refractivity (Wildman–Crippen MR) is 103 cm³/mol. The first kappa shape index (κ1) is 18.9. The normalized spacial score (nSPS) is 19.7. The van der Waals surface area contributed by atoms with E-state index >= 15 is 0 Å². The van der Waals surface area contributed by atoms with Gasteiger partial charge in [-0.15, -0.1) is 0 Å². The Balaban J connectivity index is 1.57. The second-order valence-electron chi connectivity index (χ2n) is 7.38. The predicted octanol–water partition coefficient (Wildman–Crippen LogP) is 3.19. The number of nitrogens with zero attached hydrogens (tertiary/aromatic N) is 1. The number of likely N-dealkylation sites (tertiary alicyclic amines) is 1. The molecule has 1 aliphatic rings. The number of ether oxygens (including phenoxy) is 1. The summed E-state index contributed by atoms with van der Waals surface area (Å²) in [7, 11) is 1.64. The number of aliphatic hydroxyl groups excluding tert-OH is 1. The summed E-state index contributed by atoms with van der Waals surface area (Å²) >= 11 is 0.